The molecule has 10 heavy (non-hydrogen) atoms. The number of rotatable bonds is 5. The number of hydrogen-bond donors (Lipinski definition) is 0. The Morgan fingerprint density at radius 1 is 0.700 bits per heavy atom. The molecule has 0 bridgehead atoms. The third-order valence-electron chi connectivity index (χ3n) is 1.30. The van der Waals surface area contributed by atoms with Crippen molar-refractivity contribution < 1.29 is 0 Å². The summed E-state index contributed by atoms with van der Waals surface area (Å²) in [5, 5.41) is 0. The third kappa shape index (κ3) is 7.48. The van der Waals surface area contributed by atoms with E-state index in [0.717, 1.165) is 12.8 Å². The molecule has 0 saturated heterocycles. The summed E-state index contributed by atoms with van der Waals surface area (Å²) >= 11 is 0. The van der Waals surface area contributed by atoms with Crippen molar-refractivity contribution in [3.63, 3.8) is 0 Å². The SMILES string of the molecule is CCC=CCCC=CCC. The van der Waals surface area contributed by atoms with Gasteiger partial charge in [-0.15, -0.1) is 0 Å². The predicted octanol–water partition coefficient (Wildman–Crippen LogP) is 3.70. The van der Waals surface area contributed by atoms with Crippen LogP contribution in [0.2, 0.25) is 0 Å². The van der Waals surface area contributed by atoms with Crippen LogP contribution in [0.4, 0.5) is 0 Å². The summed E-state index contributed by atoms with van der Waals surface area (Å²) in [6.45, 7) is 4.33. The lowest BCUT2D eigenvalue weighted by atomic mass is 10.2. The van der Waals surface area contributed by atoms with Gasteiger partial charge in [-0.25, -0.2) is 0 Å². The Balaban J connectivity index is 3.04. The minimum atomic E-state index is 1.16. The first-order chi connectivity index (χ1) is 4.91. The molecule has 0 radical (unpaired) electrons. The maximum atomic E-state index is 2.25. The normalized spacial score (nSPS) is 11.8. The maximum Gasteiger partial charge on any atom is -0.0316 e. The molecule has 0 atom stereocenters. The molecule has 0 fully saturated rings. The van der Waals surface area contributed by atoms with E-state index in [9.17, 15) is 0 Å². The van der Waals surface area contributed by atoms with Crippen LogP contribution >= 0.6 is 0 Å². The Bertz CT molecular complexity index is 84.6. The highest BCUT2D eigenvalue weighted by Gasteiger charge is 1.74. The predicted molar refractivity (Wildman–Crippen MR) is 48.1 cm³/mol. The summed E-state index contributed by atoms with van der Waals surface area (Å²) in [6, 6.07) is 0. The van der Waals surface area contributed by atoms with E-state index in [1.54, 1.807) is 0 Å². The minimum Gasteiger partial charge on any atom is -0.0888 e. The van der Waals surface area contributed by atoms with Gasteiger partial charge in [0.15, 0.2) is 0 Å². The highest BCUT2D eigenvalue weighted by atomic mass is 13.8. The molecule has 0 N–H and O–H groups in total. The zero-order valence-electron chi connectivity index (χ0n) is 7.14. The fraction of sp³-hybridized carbons (Fsp3) is 0.600. The summed E-state index contributed by atoms with van der Waals surface area (Å²) in [5.41, 5.74) is 0. The molecular formula is C10H18. The van der Waals surface area contributed by atoms with Gasteiger partial charge in [0.2, 0.25) is 0 Å². The van der Waals surface area contributed by atoms with Crippen LogP contribution in [0.1, 0.15) is 39.5 Å². The topological polar surface area (TPSA) is 0 Å². The van der Waals surface area contributed by atoms with Crippen LogP contribution in [0.3, 0.4) is 0 Å². The third-order valence-corrected chi connectivity index (χ3v) is 1.30. The molecule has 0 amide bonds. The first-order valence-electron chi connectivity index (χ1n) is 4.21. The standard InChI is InChI=1S/C10H18/c1-3-5-7-9-10-8-6-4-2/h5-8H,3-4,9-10H2,1-2H3. The molecule has 0 aromatic rings. The van der Waals surface area contributed by atoms with Gasteiger partial charge in [-0.1, -0.05) is 38.2 Å². The van der Waals surface area contributed by atoms with Crippen molar-refractivity contribution in [2.24, 2.45) is 0 Å². The van der Waals surface area contributed by atoms with E-state index in [2.05, 4.69) is 38.2 Å². The second-order valence-corrected chi connectivity index (χ2v) is 2.34. The van der Waals surface area contributed by atoms with Crippen LogP contribution in [0.5, 0.6) is 0 Å². The van der Waals surface area contributed by atoms with Gasteiger partial charge >= 0.3 is 0 Å². The van der Waals surface area contributed by atoms with E-state index in [4.69, 9.17) is 0 Å². The highest BCUT2D eigenvalue weighted by Crippen LogP contribution is 1.94. The van der Waals surface area contributed by atoms with E-state index in [1.165, 1.54) is 12.8 Å². The highest BCUT2D eigenvalue weighted by molar-refractivity contribution is 4.86. The molecule has 0 aliphatic heterocycles. The first kappa shape index (κ1) is 9.48. The molecule has 0 aromatic heterocycles. The molecule has 0 aliphatic rings. The zero-order chi connectivity index (χ0) is 7.66. The van der Waals surface area contributed by atoms with Crippen molar-refractivity contribution in [2.75, 3.05) is 0 Å². The molecule has 58 valence electrons. The lowest BCUT2D eigenvalue weighted by molar-refractivity contribution is 1.02. The zero-order valence-corrected chi connectivity index (χ0v) is 7.14. The van der Waals surface area contributed by atoms with Gasteiger partial charge in [-0.2, -0.15) is 0 Å². The van der Waals surface area contributed by atoms with E-state index >= 15 is 0 Å². The van der Waals surface area contributed by atoms with Crippen molar-refractivity contribution in [3.05, 3.63) is 24.3 Å². The number of allylic oxidation sites excluding steroid dienone is 4. The monoisotopic (exact) mass is 138 g/mol. The van der Waals surface area contributed by atoms with Crippen molar-refractivity contribution >= 4 is 0 Å². The largest absolute Gasteiger partial charge is 0.0888 e. The fourth-order valence-corrected chi connectivity index (χ4v) is 0.761. The minimum absolute atomic E-state index is 1.16. The Morgan fingerprint density at radius 2 is 1.10 bits per heavy atom. The summed E-state index contributed by atoms with van der Waals surface area (Å²) in [4.78, 5) is 0. The Labute approximate surface area is 64.6 Å². The Morgan fingerprint density at radius 3 is 1.40 bits per heavy atom. The van der Waals surface area contributed by atoms with Crippen LogP contribution in [0.25, 0.3) is 0 Å². The molecule has 0 heteroatoms. The number of hydrogen-bond acceptors (Lipinski definition) is 0. The lowest BCUT2D eigenvalue weighted by Gasteiger charge is -1.84. The van der Waals surface area contributed by atoms with Crippen LogP contribution < -0.4 is 0 Å². The van der Waals surface area contributed by atoms with Gasteiger partial charge in [0, 0.05) is 0 Å². The Hall–Kier alpha value is -0.520. The van der Waals surface area contributed by atoms with Gasteiger partial charge in [0.1, 0.15) is 0 Å². The average Bonchev–Trinajstić information content (AvgIpc) is 1.97. The van der Waals surface area contributed by atoms with E-state index < -0.39 is 0 Å². The van der Waals surface area contributed by atoms with Crippen LogP contribution in [0, 0.1) is 0 Å². The molecule has 0 heterocycles. The van der Waals surface area contributed by atoms with Crippen LogP contribution in [0.15, 0.2) is 24.3 Å². The summed E-state index contributed by atoms with van der Waals surface area (Å²) in [5.74, 6) is 0. The van der Waals surface area contributed by atoms with E-state index in [-0.39, 0.29) is 0 Å². The van der Waals surface area contributed by atoms with Gasteiger partial charge in [-0.05, 0) is 25.7 Å². The fourth-order valence-electron chi connectivity index (χ4n) is 0.761. The van der Waals surface area contributed by atoms with Gasteiger partial charge in [0.05, 0.1) is 0 Å². The number of unbranched alkanes of at least 4 members (excludes halogenated alkanes) is 1. The molecule has 0 unspecified atom stereocenters. The van der Waals surface area contributed by atoms with Gasteiger partial charge < -0.3 is 0 Å². The quantitative estimate of drug-likeness (QED) is 0.401. The smallest absolute Gasteiger partial charge is 0.0316 e. The second-order valence-electron chi connectivity index (χ2n) is 2.34. The van der Waals surface area contributed by atoms with Gasteiger partial charge in [0.25, 0.3) is 0 Å². The van der Waals surface area contributed by atoms with Crippen molar-refractivity contribution in [1.29, 1.82) is 0 Å². The summed E-state index contributed by atoms with van der Waals surface area (Å²) in [7, 11) is 0. The lowest BCUT2D eigenvalue weighted by Crippen LogP contribution is -1.64. The Kier molecular flexibility index (Phi) is 8.04. The average molecular weight is 138 g/mol. The van der Waals surface area contributed by atoms with E-state index in [0.29, 0.717) is 0 Å². The molecule has 0 rings (SSSR count). The molecule has 0 nitrogen and oxygen atoms in total. The molecule has 0 aromatic carbocycles. The maximum absolute atomic E-state index is 2.25. The van der Waals surface area contributed by atoms with E-state index in [1.807, 2.05) is 0 Å². The van der Waals surface area contributed by atoms with Crippen molar-refractivity contribution in [2.45, 2.75) is 39.5 Å². The van der Waals surface area contributed by atoms with Gasteiger partial charge in [-0.3, -0.25) is 0 Å². The van der Waals surface area contributed by atoms with Crippen LogP contribution in [-0.2, 0) is 0 Å². The first-order valence-corrected chi connectivity index (χ1v) is 4.21. The van der Waals surface area contributed by atoms with Crippen molar-refractivity contribution in [3.8, 4) is 0 Å². The summed E-state index contributed by atoms with van der Waals surface area (Å²) in [6.07, 6.45) is 13.7. The summed E-state index contributed by atoms with van der Waals surface area (Å²) < 4.78 is 0. The second kappa shape index (κ2) is 8.48. The van der Waals surface area contributed by atoms with Crippen molar-refractivity contribution in [1.82, 2.24) is 0 Å². The molecular weight excluding hydrogens is 120 g/mol. The molecule has 0 saturated carbocycles. The van der Waals surface area contributed by atoms with Crippen LogP contribution in [-0.4, -0.2) is 0 Å². The molecule has 0 aliphatic carbocycles. The molecule has 0 spiro atoms.